The van der Waals surface area contributed by atoms with Crippen LogP contribution in [0.3, 0.4) is 0 Å². The van der Waals surface area contributed by atoms with E-state index in [0.717, 1.165) is 0 Å². The fourth-order valence-corrected chi connectivity index (χ4v) is 2.00. The molecule has 0 N–H and O–H groups in total. The molecule has 19 heavy (non-hydrogen) atoms. The zero-order valence-electron chi connectivity index (χ0n) is 13.0. The lowest BCUT2D eigenvalue weighted by Crippen LogP contribution is -2.07. The molecule has 0 atom stereocenters. The zero-order chi connectivity index (χ0) is 14.4. The molecule has 0 radical (unpaired) electrons. The van der Waals surface area contributed by atoms with Crippen LogP contribution in [0.15, 0.2) is 42.5 Å². The van der Waals surface area contributed by atoms with Crippen LogP contribution in [-0.2, 0) is 0 Å². The van der Waals surface area contributed by atoms with E-state index in [2.05, 4.69) is 75.3 Å². The summed E-state index contributed by atoms with van der Waals surface area (Å²) in [6.45, 7) is 8.34. The Labute approximate surface area is 117 Å². The van der Waals surface area contributed by atoms with Crippen LogP contribution in [0, 0.1) is 13.8 Å². The maximum absolute atomic E-state index is 2.19. The van der Waals surface area contributed by atoms with E-state index in [4.69, 9.17) is 0 Å². The Kier molecular flexibility index (Phi) is 5.62. The topological polar surface area (TPSA) is 3.24 Å². The third kappa shape index (κ3) is 3.60. The Morgan fingerprint density at radius 3 is 1.89 bits per heavy atom. The standard InChI is InChI=1S/C16H19N.C2H6/c1-12-6-5-7-16(13(12)2)14-8-10-15(11-9-14)17(3)4;1-2/h5-11H,1-4H3;1-2H3. The van der Waals surface area contributed by atoms with Gasteiger partial charge in [0.05, 0.1) is 0 Å². The molecule has 0 saturated carbocycles. The number of nitrogens with zero attached hydrogens (tertiary/aromatic N) is 1. The summed E-state index contributed by atoms with van der Waals surface area (Å²) in [6, 6.07) is 15.2. The van der Waals surface area contributed by atoms with E-state index in [-0.39, 0.29) is 0 Å². The summed E-state index contributed by atoms with van der Waals surface area (Å²) in [4.78, 5) is 2.12. The van der Waals surface area contributed by atoms with E-state index < -0.39 is 0 Å². The van der Waals surface area contributed by atoms with Crippen molar-refractivity contribution in [1.29, 1.82) is 0 Å². The largest absolute Gasteiger partial charge is 0.378 e. The molecule has 2 aromatic carbocycles. The van der Waals surface area contributed by atoms with Gasteiger partial charge < -0.3 is 4.90 Å². The molecule has 102 valence electrons. The SMILES string of the molecule is CC.Cc1cccc(-c2ccc(N(C)C)cc2)c1C. The summed E-state index contributed by atoms with van der Waals surface area (Å²) < 4.78 is 0. The van der Waals surface area contributed by atoms with E-state index in [9.17, 15) is 0 Å². The van der Waals surface area contributed by atoms with Crippen molar-refractivity contribution < 1.29 is 0 Å². The molecule has 1 nitrogen and oxygen atoms in total. The summed E-state index contributed by atoms with van der Waals surface area (Å²) in [7, 11) is 4.12. The van der Waals surface area contributed by atoms with Crippen LogP contribution in [-0.4, -0.2) is 14.1 Å². The molecular formula is C18H25N. The molecule has 0 saturated heterocycles. The maximum atomic E-state index is 2.19. The number of hydrogen-bond acceptors (Lipinski definition) is 1. The van der Waals surface area contributed by atoms with Gasteiger partial charge in [-0.25, -0.2) is 0 Å². The first-order valence-electron chi connectivity index (χ1n) is 6.93. The lowest BCUT2D eigenvalue weighted by atomic mass is 9.97. The quantitative estimate of drug-likeness (QED) is 0.724. The van der Waals surface area contributed by atoms with Gasteiger partial charge in [0.1, 0.15) is 0 Å². The summed E-state index contributed by atoms with van der Waals surface area (Å²) >= 11 is 0. The van der Waals surface area contributed by atoms with E-state index in [0.29, 0.717) is 0 Å². The Balaban J connectivity index is 0.000000861. The molecule has 2 rings (SSSR count). The van der Waals surface area contributed by atoms with Crippen molar-refractivity contribution in [2.45, 2.75) is 27.7 Å². The highest BCUT2D eigenvalue weighted by Crippen LogP contribution is 2.26. The van der Waals surface area contributed by atoms with E-state index >= 15 is 0 Å². The maximum Gasteiger partial charge on any atom is 0.0361 e. The molecule has 0 amide bonds. The van der Waals surface area contributed by atoms with E-state index in [1.165, 1.54) is 27.9 Å². The van der Waals surface area contributed by atoms with Gasteiger partial charge in [0.2, 0.25) is 0 Å². The first kappa shape index (κ1) is 15.3. The van der Waals surface area contributed by atoms with Crippen LogP contribution in [0.5, 0.6) is 0 Å². The lowest BCUT2D eigenvalue weighted by Gasteiger charge is -2.14. The van der Waals surface area contributed by atoms with Gasteiger partial charge in [-0.15, -0.1) is 0 Å². The molecule has 0 aromatic heterocycles. The molecule has 0 unspecified atom stereocenters. The average Bonchev–Trinajstić information content (AvgIpc) is 2.44. The second-order valence-electron chi connectivity index (χ2n) is 4.69. The van der Waals surface area contributed by atoms with E-state index in [1.54, 1.807) is 0 Å². The summed E-state index contributed by atoms with van der Waals surface area (Å²) in [5, 5.41) is 0. The molecule has 0 aliphatic carbocycles. The second kappa shape index (κ2) is 6.98. The van der Waals surface area contributed by atoms with Crippen molar-refractivity contribution in [2.75, 3.05) is 19.0 Å². The third-order valence-corrected chi connectivity index (χ3v) is 3.30. The fourth-order valence-electron chi connectivity index (χ4n) is 2.00. The molecule has 0 aliphatic heterocycles. The van der Waals surface area contributed by atoms with Crippen LogP contribution in [0.25, 0.3) is 11.1 Å². The van der Waals surface area contributed by atoms with Gasteiger partial charge in [-0.1, -0.05) is 44.2 Å². The van der Waals surface area contributed by atoms with Crippen LogP contribution in [0.2, 0.25) is 0 Å². The minimum atomic E-state index is 1.24. The van der Waals surface area contributed by atoms with Gasteiger partial charge in [-0.3, -0.25) is 0 Å². The minimum absolute atomic E-state index is 1.24. The molecular weight excluding hydrogens is 230 g/mol. The van der Waals surface area contributed by atoms with Gasteiger partial charge in [-0.2, -0.15) is 0 Å². The minimum Gasteiger partial charge on any atom is -0.378 e. The highest BCUT2D eigenvalue weighted by molar-refractivity contribution is 5.70. The predicted octanol–water partition coefficient (Wildman–Crippen LogP) is 5.06. The number of rotatable bonds is 2. The smallest absolute Gasteiger partial charge is 0.0361 e. The molecule has 0 aliphatic rings. The highest BCUT2D eigenvalue weighted by atomic mass is 15.1. The zero-order valence-corrected chi connectivity index (χ0v) is 13.0. The van der Waals surface area contributed by atoms with Crippen molar-refractivity contribution in [3.63, 3.8) is 0 Å². The fraction of sp³-hybridized carbons (Fsp3) is 0.333. The van der Waals surface area contributed by atoms with Crippen molar-refractivity contribution in [2.24, 2.45) is 0 Å². The van der Waals surface area contributed by atoms with Crippen LogP contribution >= 0.6 is 0 Å². The Morgan fingerprint density at radius 1 is 0.789 bits per heavy atom. The van der Waals surface area contributed by atoms with Gasteiger partial charge in [0.15, 0.2) is 0 Å². The normalized spacial score (nSPS) is 9.58. The van der Waals surface area contributed by atoms with Crippen LogP contribution in [0.1, 0.15) is 25.0 Å². The highest BCUT2D eigenvalue weighted by Gasteiger charge is 2.03. The van der Waals surface area contributed by atoms with Gasteiger partial charge in [0.25, 0.3) is 0 Å². The number of anilines is 1. The molecule has 0 heterocycles. The first-order chi connectivity index (χ1) is 9.09. The van der Waals surface area contributed by atoms with Crippen LogP contribution < -0.4 is 4.90 Å². The second-order valence-corrected chi connectivity index (χ2v) is 4.69. The first-order valence-corrected chi connectivity index (χ1v) is 6.93. The van der Waals surface area contributed by atoms with Crippen molar-refractivity contribution in [3.8, 4) is 11.1 Å². The summed E-state index contributed by atoms with van der Waals surface area (Å²) in [6.07, 6.45) is 0. The molecule has 0 bridgehead atoms. The monoisotopic (exact) mass is 255 g/mol. The molecule has 0 fully saturated rings. The molecule has 2 aromatic rings. The van der Waals surface area contributed by atoms with Gasteiger partial charge in [0, 0.05) is 19.8 Å². The molecule has 1 heteroatoms. The van der Waals surface area contributed by atoms with Crippen LogP contribution in [0.4, 0.5) is 5.69 Å². The number of aryl methyl sites for hydroxylation is 1. The van der Waals surface area contributed by atoms with Crippen molar-refractivity contribution in [1.82, 2.24) is 0 Å². The van der Waals surface area contributed by atoms with Gasteiger partial charge in [-0.05, 0) is 48.2 Å². The Morgan fingerprint density at radius 2 is 1.37 bits per heavy atom. The van der Waals surface area contributed by atoms with Crippen molar-refractivity contribution in [3.05, 3.63) is 53.6 Å². The van der Waals surface area contributed by atoms with Gasteiger partial charge >= 0.3 is 0 Å². The summed E-state index contributed by atoms with van der Waals surface area (Å²) in [5.74, 6) is 0. The Hall–Kier alpha value is -1.76. The number of hydrogen-bond donors (Lipinski definition) is 0. The van der Waals surface area contributed by atoms with E-state index in [1.807, 2.05) is 13.8 Å². The lowest BCUT2D eigenvalue weighted by molar-refractivity contribution is 1.13. The average molecular weight is 255 g/mol. The summed E-state index contributed by atoms with van der Waals surface area (Å²) in [5.41, 5.74) is 6.57. The predicted molar refractivity (Wildman–Crippen MR) is 87.0 cm³/mol. The third-order valence-electron chi connectivity index (χ3n) is 3.30. The van der Waals surface area contributed by atoms with Crippen molar-refractivity contribution >= 4 is 5.69 Å². The Bertz CT molecular complexity index is 510. The molecule has 0 spiro atoms. The number of benzene rings is 2.